The fourth-order valence-corrected chi connectivity index (χ4v) is 2.38. The van der Waals surface area contributed by atoms with Crippen LogP contribution in [0.15, 0.2) is 0 Å². The molecule has 0 aromatic heterocycles. The van der Waals surface area contributed by atoms with Gasteiger partial charge in [0.05, 0.1) is 6.61 Å². The Morgan fingerprint density at radius 2 is 1.53 bits per heavy atom. The fraction of sp³-hybridized carbons (Fsp3) is 0.941. The molecule has 0 aliphatic carbocycles. The molecule has 0 fully saturated rings. The standard InChI is InChI=1S/C17H34O2/c1-5-8-10-11-14-17(4,13-9-6-2)15-19-16(18)12-7-3/h5-15H2,1-4H3. The van der Waals surface area contributed by atoms with Crippen molar-refractivity contribution in [3.05, 3.63) is 0 Å². The molecular weight excluding hydrogens is 236 g/mol. The summed E-state index contributed by atoms with van der Waals surface area (Å²) >= 11 is 0. The van der Waals surface area contributed by atoms with Gasteiger partial charge < -0.3 is 4.74 Å². The second-order valence-electron chi connectivity index (χ2n) is 6.14. The number of carbonyl (C=O) groups is 1. The lowest BCUT2D eigenvalue weighted by Crippen LogP contribution is -2.25. The topological polar surface area (TPSA) is 26.3 Å². The third kappa shape index (κ3) is 9.98. The van der Waals surface area contributed by atoms with Crippen LogP contribution in [0, 0.1) is 5.41 Å². The summed E-state index contributed by atoms with van der Waals surface area (Å²) in [5, 5.41) is 0. The van der Waals surface area contributed by atoms with E-state index in [4.69, 9.17) is 4.74 Å². The average Bonchev–Trinajstić information content (AvgIpc) is 2.40. The first-order valence-electron chi connectivity index (χ1n) is 8.23. The second-order valence-corrected chi connectivity index (χ2v) is 6.14. The van der Waals surface area contributed by atoms with E-state index in [2.05, 4.69) is 20.8 Å². The minimum Gasteiger partial charge on any atom is -0.465 e. The third-order valence-electron chi connectivity index (χ3n) is 3.80. The first-order chi connectivity index (χ1) is 9.08. The predicted octanol–water partition coefficient (Wildman–Crippen LogP) is 5.50. The summed E-state index contributed by atoms with van der Waals surface area (Å²) in [5.74, 6) is -0.0289. The molecule has 2 heteroatoms. The summed E-state index contributed by atoms with van der Waals surface area (Å²) in [6.45, 7) is 9.37. The van der Waals surface area contributed by atoms with Crippen molar-refractivity contribution in [2.24, 2.45) is 5.41 Å². The average molecular weight is 270 g/mol. The molecule has 0 heterocycles. The van der Waals surface area contributed by atoms with Crippen LogP contribution in [0.25, 0.3) is 0 Å². The molecule has 0 N–H and O–H groups in total. The van der Waals surface area contributed by atoms with E-state index in [-0.39, 0.29) is 11.4 Å². The van der Waals surface area contributed by atoms with Crippen molar-refractivity contribution in [1.29, 1.82) is 0 Å². The smallest absolute Gasteiger partial charge is 0.305 e. The molecule has 0 saturated carbocycles. The molecule has 0 spiro atoms. The Bertz CT molecular complexity index is 225. The van der Waals surface area contributed by atoms with E-state index < -0.39 is 0 Å². The molecule has 0 bridgehead atoms. The normalized spacial score (nSPS) is 14.1. The maximum Gasteiger partial charge on any atom is 0.305 e. The van der Waals surface area contributed by atoms with Gasteiger partial charge >= 0.3 is 5.97 Å². The van der Waals surface area contributed by atoms with Crippen molar-refractivity contribution in [3.63, 3.8) is 0 Å². The summed E-state index contributed by atoms with van der Waals surface area (Å²) in [7, 11) is 0. The predicted molar refractivity (Wildman–Crippen MR) is 82.3 cm³/mol. The van der Waals surface area contributed by atoms with Gasteiger partial charge in [-0.15, -0.1) is 0 Å². The maximum absolute atomic E-state index is 11.5. The number of esters is 1. The molecule has 0 aliphatic heterocycles. The van der Waals surface area contributed by atoms with Gasteiger partial charge in [-0.1, -0.05) is 66.2 Å². The molecule has 1 unspecified atom stereocenters. The zero-order valence-corrected chi connectivity index (χ0v) is 13.6. The van der Waals surface area contributed by atoms with Gasteiger partial charge in [-0.2, -0.15) is 0 Å². The molecule has 1 atom stereocenters. The largest absolute Gasteiger partial charge is 0.465 e. The minimum atomic E-state index is -0.0289. The Hall–Kier alpha value is -0.530. The van der Waals surface area contributed by atoms with Gasteiger partial charge in [-0.3, -0.25) is 4.79 Å². The van der Waals surface area contributed by atoms with Crippen molar-refractivity contribution < 1.29 is 9.53 Å². The van der Waals surface area contributed by atoms with Crippen LogP contribution < -0.4 is 0 Å². The third-order valence-corrected chi connectivity index (χ3v) is 3.80. The lowest BCUT2D eigenvalue weighted by Gasteiger charge is -2.29. The quantitative estimate of drug-likeness (QED) is 0.346. The van der Waals surface area contributed by atoms with Crippen LogP contribution in [0.1, 0.15) is 91.9 Å². The van der Waals surface area contributed by atoms with Crippen molar-refractivity contribution in [2.75, 3.05) is 6.61 Å². The molecule has 0 amide bonds. The zero-order valence-electron chi connectivity index (χ0n) is 13.6. The lowest BCUT2D eigenvalue weighted by atomic mass is 9.80. The zero-order chi connectivity index (χ0) is 14.6. The summed E-state index contributed by atoms with van der Waals surface area (Å²) in [4.78, 5) is 11.5. The first-order valence-corrected chi connectivity index (χ1v) is 8.23. The summed E-state index contributed by atoms with van der Waals surface area (Å²) in [6.07, 6.45) is 11.4. The minimum absolute atomic E-state index is 0.0289. The van der Waals surface area contributed by atoms with Crippen molar-refractivity contribution in [1.82, 2.24) is 0 Å². The van der Waals surface area contributed by atoms with Gasteiger partial charge in [0.1, 0.15) is 0 Å². The van der Waals surface area contributed by atoms with E-state index in [0.29, 0.717) is 13.0 Å². The highest BCUT2D eigenvalue weighted by molar-refractivity contribution is 5.69. The number of unbranched alkanes of at least 4 members (excludes halogenated alkanes) is 4. The van der Waals surface area contributed by atoms with E-state index in [1.54, 1.807) is 0 Å². The van der Waals surface area contributed by atoms with Crippen LogP contribution in [0.3, 0.4) is 0 Å². The SMILES string of the molecule is CCCCCCC(C)(CCCC)COC(=O)CCC. The molecule has 0 radical (unpaired) electrons. The highest BCUT2D eigenvalue weighted by Crippen LogP contribution is 2.31. The Kier molecular flexibility index (Phi) is 11.0. The molecule has 0 rings (SSSR count). The van der Waals surface area contributed by atoms with E-state index in [1.807, 2.05) is 6.92 Å². The number of rotatable bonds is 12. The molecule has 0 aromatic carbocycles. The van der Waals surface area contributed by atoms with Gasteiger partial charge in [0, 0.05) is 11.8 Å². The lowest BCUT2D eigenvalue weighted by molar-refractivity contribution is -0.147. The molecule has 0 aliphatic rings. The van der Waals surface area contributed by atoms with Crippen LogP contribution in [0.2, 0.25) is 0 Å². The molecule has 0 saturated heterocycles. The molecule has 19 heavy (non-hydrogen) atoms. The summed E-state index contributed by atoms with van der Waals surface area (Å²) in [5.41, 5.74) is 0.188. The summed E-state index contributed by atoms with van der Waals surface area (Å²) in [6, 6.07) is 0. The van der Waals surface area contributed by atoms with Crippen molar-refractivity contribution in [3.8, 4) is 0 Å². The Balaban J connectivity index is 4.12. The molecule has 114 valence electrons. The van der Waals surface area contributed by atoms with E-state index >= 15 is 0 Å². The van der Waals surface area contributed by atoms with E-state index in [0.717, 1.165) is 6.42 Å². The highest BCUT2D eigenvalue weighted by Gasteiger charge is 2.25. The van der Waals surface area contributed by atoms with Crippen LogP contribution in [-0.4, -0.2) is 12.6 Å². The number of carbonyl (C=O) groups excluding carboxylic acids is 1. The number of ether oxygens (including phenoxy) is 1. The van der Waals surface area contributed by atoms with Crippen molar-refractivity contribution >= 4 is 5.97 Å². The Morgan fingerprint density at radius 3 is 2.11 bits per heavy atom. The van der Waals surface area contributed by atoms with Gasteiger partial charge in [0.15, 0.2) is 0 Å². The van der Waals surface area contributed by atoms with Gasteiger partial charge in [-0.25, -0.2) is 0 Å². The molecule has 0 aromatic rings. The monoisotopic (exact) mass is 270 g/mol. The molecular formula is C17H34O2. The molecule has 2 nitrogen and oxygen atoms in total. The van der Waals surface area contributed by atoms with Gasteiger partial charge in [0.2, 0.25) is 0 Å². The van der Waals surface area contributed by atoms with Crippen molar-refractivity contribution in [2.45, 2.75) is 91.9 Å². The number of hydrogen-bond acceptors (Lipinski definition) is 2. The van der Waals surface area contributed by atoms with E-state index in [1.165, 1.54) is 51.4 Å². The van der Waals surface area contributed by atoms with Crippen LogP contribution >= 0.6 is 0 Å². The Labute approximate surface area is 120 Å². The maximum atomic E-state index is 11.5. The number of hydrogen-bond donors (Lipinski definition) is 0. The first kappa shape index (κ1) is 18.5. The van der Waals surface area contributed by atoms with Crippen LogP contribution in [-0.2, 0) is 9.53 Å². The highest BCUT2D eigenvalue weighted by atomic mass is 16.5. The fourth-order valence-electron chi connectivity index (χ4n) is 2.38. The van der Waals surface area contributed by atoms with Gasteiger partial charge in [0.25, 0.3) is 0 Å². The van der Waals surface area contributed by atoms with E-state index in [9.17, 15) is 4.79 Å². The summed E-state index contributed by atoms with van der Waals surface area (Å²) < 4.78 is 5.46. The van der Waals surface area contributed by atoms with Gasteiger partial charge in [-0.05, 0) is 19.3 Å². The Morgan fingerprint density at radius 1 is 0.895 bits per heavy atom. The van der Waals surface area contributed by atoms with Crippen LogP contribution in [0.5, 0.6) is 0 Å². The van der Waals surface area contributed by atoms with Crippen LogP contribution in [0.4, 0.5) is 0 Å². The second kappa shape index (κ2) is 11.3.